The molecule has 1 aromatic rings. The highest BCUT2D eigenvalue weighted by Crippen LogP contribution is 2.40. The van der Waals surface area contributed by atoms with Crippen LogP contribution in [0.3, 0.4) is 0 Å². The van der Waals surface area contributed by atoms with Crippen molar-refractivity contribution in [3.63, 3.8) is 0 Å². The van der Waals surface area contributed by atoms with Crippen molar-refractivity contribution in [1.82, 2.24) is 9.88 Å². The Hall–Kier alpha value is -0.740. The predicted molar refractivity (Wildman–Crippen MR) is 68.2 cm³/mol. The lowest BCUT2D eigenvalue weighted by Gasteiger charge is -2.37. The Bertz CT molecular complexity index is 426. The fourth-order valence-corrected chi connectivity index (χ4v) is 4.19. The van der Waals surface area contributed by atoms with E-state index < -0.39 is 0 Å². The number of carbonyl (C=O) groups is 1. The number of aryl methyl sites for hydroxylation is 1. The minimum Gasteiger partial charge on any atom is -0.300 e. The molecule has 0 spiro atoms. The summed E-state index contributed by atoms with van der Waals surface area (Å²) >= 11 is 1.75. The molecule has 0 aromatic carbocycles. The highest BCUT2D eigenvalue weighted by atomic mass is 32.1. The molecule has 0 saturated carbocycles. The standard InChI is InChI=1S/C13H18N2OS/c1-8-7-17-13(14-8)9(2)15-10-3-4-11(15)6-12(16)5-10/h7,9-11H,3-6H2,1-2H3. The molecule has 2 bridgehead atoms. The summed E-state index contributed by atoms with van der Waals surface area (Å²) in [4.78, 5) is 18.7. The molecule has 2 aliphatic heterocycles. The molecule has 4 heteroatoms. The van der Waals surface area contributed by atoms with E-state index in [0.717, 1.165) is 18.5 Å². The lowest BCUT2D eigenvalue weighted by Crippen LogP contribution is -2.44. The Morgan fingerprint density at radius 2 is 2.06 bits per heavy atom. The zero-order valence-electron chi connectivity index (χ0n) is 10.3. The zero-order valence-corrected chi connectivity index (χ0v) is 11.2. The number of hydrogen-bond acceptors (Lipinski definition) is 4. The molecule has 3 heterocycles. The maximum Gasteiger partial charge on any atom is 0.136 e. The molecule has 92 valence electrons. The fraction of sp³-hybridized carbons (Fsp3) is 0.692. The van der Waals surface area contributed by atoms with E-state index in [0.29, 0.717) is 23.9 Å². The van der Waals surface area contributed by atoms with Gasteiger partial charge in [0.2, 0.25) is 0 Å². The molecule has 0 N–H and O–H groups in total. The van der Waals surface area contributed by atoms with E-state index in [1.807, 2.05) is 6.92 Å². The third-order valence-corrected chi connectivity index (χ3v) is 5.18. The monoisotopic (exact) mass is 250 g/mol. The van der Waals surface area contributed by atoms with Crippen molar-refractivity contribution in [3.8, 4) is 0 Å². The van der Waals surface area contributed by atoms with Crippen LogP contribution in [-0.4, -0.2) is 27.8 Å². The Kier molecular flexibility index (Phi) is 2.79. The molecule has 3 rings (SSSR count). The average molecular weight is 250 g/mol. The van der Waals surface area contributed by atoms with Crippen LogP contribution in [0.2, 0.25) is 0 Å². The van der Waals surface area contributed by atoms with E-state index in [1.54, 1.807) is 11.3 Å². The maximum atomic E-state index is 11.6. The highest BCUT2D eigenvalue weighted by molar-refractivity contribution is 7.09. The number of fused-ring (bicyclic) bond motifs is 2. The molecule has 0 aliphatic carbocycles. The van der Waals surface area contributed by atoms with Crippen LogP contribution in [0.1, 0.15) is 49.4 Å². The van der Waals surface area contributed by atoms with Gasteiger partial charge in [-0.3, -0.25) is 9.69 Å². The van der Waals surface area contributed by atoms with Gasteiger partial charge in [0, 0.05) is 36.0 Å². The third kappa shape index (κ3) is 1.93. The first-order valence-electron chi connectivity index (χ1n) is 6.36. The minimum atomic E-state index is 0.374. The summed E-state index contributed by atoms with van der Waals surface area (Å²) in [5, 5.41) is 3.32. The summed E-state index contributed by atoms with van der Waals surface area (Å²) in [6, 6.07) is 1.32. The summed E-state index contributed by atoms with van der Waals surface area (Å²) in [5.41, 5.74) is 1.11. The van der Waals surface area contributed by atoms with Crippen molar-refractivity contribution in [2.75, 3.05) is 0 Å². The Balaban J connectivity index is 1.83. The molecule has 1 aromatic heterocycles. The van der Waals surface area contributed by atoms with Crippen molar-refractivity contribution in [1.29, 1.82) is 0 Å². The van der Waals surface area contributed by atoms with Crippen LogP contribution in [0, 0.1) is 6.92 Å². The minimum absolute atomic E-state index is 0.374. The molecule has 17 heavy (non-hydrogen) atoms. The topological polar surface area (TPSA) is 33.2 Å². The molecule has 0 amide bonds. The number of hydrogen-bond donors (Lipinski definition) is 0. The normalized spacial score (nSPS) is 30.8. The van der Waals surface area contributed by atoms with Crippen LogP contribution in [0.15, 0.2) is 5.38 Å². The largest absolute Gasteiger partial charge is 0.300 e. The van der Waals surface area contributed by atoms with E-state index in [4.69, 9.17) is 0 Å². The second-order valence-electron chi connectivity index (χ2n) is 5.28. The van der Waals surface area contributed by atoms with Crippen LogP contribution >= 0.6 is 11.3 Å². The second-order valence-corrected chi connectivity index (χ2v) is 6.17. The van der Waals surface area contributed by atoms with Gasteiger partial charge in [0.25, 0.3) is 0 Å². The summed E-state index contributed by atoms with van der Waals surface area (Å²) in [6.45, 7) is 4.28. The van der Waals surface area contributed by atoms with Gasteiger partial charge in [-0.2, -0.15) is 0 Å². The number of nitrogens with zero attached hydrogens (tertiary/aromatic N) is 2. The van der Waals surface area contributed by atoms with Crippen LogP contribution in [-0.2, 0) is 4.79 Å². The lowest BCUT2D eigenvalue weighted by molar-refractivity contribution is -0.124. The molecular weight excluding hydrogens is 232 g/mol. The smallest absolute Gasteiger partial charge is 0.136 e. The van der Waals surface area contributed by atoms with E-state index >= 15 is 0 Å². The van der Waals surface area contributed by atoms with Gasteiger partial charge in [-0.1, -0.05) is 0 Å². The molecular formula is C13H18N2OS. The van der Waals surface area contributed by atoms with Crippen molar-refractivity contribution in [2.24, 2.45) is 0 Å². The Morgan fingerprint density at radius 3 is 2.59 bits per heavy atom. The molecule has 3 unspecified atom stereocenters. The third-order valence-electron chi connectivity index (χ3n) is 4.04. The van der Waals surface area contributed by atoms with Gasteiger partial charge in [0.1, 0.15) is 10.8 Å². The highest BCUT2D eigenvalue weighted by Gasteiger charge is 2.43. The lowest BCUT2D eigenvalue weighted by atomic mass is 9.99. The number of Topliss-reactive ketones (excluding diaryl/α,β-unsaturated/α-hetero) is 1. The van der Waals surface area contributed by atoms with Gasteiger partial charge in [-0.15, -0.1) is 11.3 Å². The van der Waals surface area contributed by atoms with Crippen LogP contribution < -0.4 is 0 Å². The first kappa shape index (κ1) is 11.4. The predicted octanol–water partition coefficient (Wildman–Crippen LogP) is 2.71. The van der Waals surface area contributed by atoms with E-state index in [-0.39, 0.29) is 0 Å². The zero-order chi connectivity index (χ0) is 12.0. The first-order chi connectivity index (χ1) is 8.15. The van der Waals surface area contributed by atoms with Crippen molar-refractivity contribution in [3.05, 3.63) is 16.1 Å². The van der Waals surface area contributed by atoms with Crippen molar-refractivity contribution >= 4 is 17.1 Å². The number of ketones is 1. The first-order valence-corrected chi connectivity index (χ1v) is 7.24. The molecule has 3 nitrogen and oxygen atoms in total. The second kappa shape index (κ2) is 4.18. The van der Waals surface area contributed by atoms with Gasteiger partial charge < -0.3 is 0 Å². The summed E-state index contributed by atoms with van der Waals surface area (Å²) in [7, 11) is 0. The number of piperidine rings is 1. The van der Waals surface area contributed by atoms with Gasteiger partial charge in [-0.25, -0.2) is 4.98 Å². The quantitative estimate of drug-likeness (QED) is 0.809. The summed E-state index contributed by atoms with van der Waals surface area (Å²) < 4.78 is 0. The maximum absolute atomic E-state index is 11.6. The van der Waals surface area contributed by atoms with Crippen LogP contribution in [0.4, 0.5) is 0 Å². The van der Waals surface area contributed by atoms with Crippen LogP contribution in [0.5, 0.6) is 0 Å². The average Bonchev–Trinajstić information content (AvgIpc) is 2.81. The van der Waals surface area contributed by atoms with Gasteiger partial charge >= 0.3 is 0 Å². The van der Waals surface area contributed by atoms with E-state index in [1.165, 1.54) is 17.8 Å². The molecule has 2 fully saturated rings. The van der Waals surface area contributed by atoms with Gasteiger partial charge in [-0.05, 0) is 26.7 Å². The van der Waals surface area contributed by atoms with E-state index in [9.17, 15) is 4.79 Å². The van der Waals surface area contributed by atoms with Crippen molar-refractivity contribution in [2.45, 2.75) is 57.7 Å². The Morgan fingerprint density at radius 1 is 1.41 bits per heavy atom. The summed E-state index contributed by atoms with van der Waals surface area (Å²) in [5.74, 6) is 0.455. The molecule has 2 aliphatic rings. The fourth-order valence-electron chi connectivity index (χ4n) is 3.33. The van der Waals surface area contributed by atoms with Gasteiger partial charge in [0.05, 0.1) is 6.04 Å². The summed E-state index contributed by atoms with van der Waals surface area (Å²) in [6.07, 6.45) is 3.88. The van der Waals surface area contributed by atoms with Crippen molar-refractivity contribution < 1.29 is 4.79 Å². The number of aromatic nitrogens is 1. The van der Waals surface area contributed by atoms with E-state index in [2.05, 4.69) is 22.2 Å². The van der Waals surface area contributed by atoms with Gasteiger partial charge in [0.15, 0.2) is 0 Å². The molecule has 0 radical (unpaired) electrons. The number of rotatable bonds is 2. The molecule has 3 atom stereocenters. The number of carbonyl (C=O) groups excluding carboxylic acids is 1. The molecule has 2 saturated heterocycles. The number of thiazole rings is 1. The van der Waals surface area contributed by atoms with Crippen LogP contribution in [0.25, 0.3) is 0 Å². The Labute approximate surface area is 106 Å². The SMILES string of the molecule is Cc1csc(C(C)N2C3CCC2CC(=O)C3)n1.